The zero-order chi connectivity index (χ0) is 45.2. The molecule has 0 bridgehead atoms. The second-order valence-corrected chi connectivity index (χ2v) is 19.4. The molecular formula is C45H41B14N3OS. The van der Waals surface area contributed by atoms with Gasteiger partial charge in [0.2, 0.25) is 0 Å². The zero-order valence-electron chi connectivity index (χ0n) is 39.7. The van der Waals surface area contributed by atoms with Gasteiger partial charge in [0.15, 0.2) is 17.5 Å². The van der Waals surface area contributed by atoms with Gasteiger partial charge in [-0.1, -0.05) is 127 Å². The van der Waals surface area contributed by atoms with Gasteiger partial charge in [-0.05, 0) is 44.6 Å². The molecule has 19 heteroatoms. The van der Waals surface area contributed by atoms with Gasteiger partial charge < -0.3 is 4.42 Å². The number of fused-ring (bicyclic) bond motifs is 6. The number of furan rings is 1. The van der Waals surface area contributed by atoms with Crippen molar-refractivity contribution >= 4 is 240 Å². The molecule has 4 nitrogen and oxygen atoms in total. The topological polar surface area (TPSA) is 51.8 Å². The van der Waals surface area contributed by atoms with E-state index in [0.29, 0.717) is 17.5 Å². The molecule has 0 saturated carbocycles. The molecule has 3 heterocycles. The van der Waals surface area contributed by atoms with Crippen LogP contribution in [0.5, 0.6) is 0 Å². The van der Waals surface area contributed by atoms with Crippen LogP contribution in [0.2, 0.25) is 0 Å². The first kappa shape index (κ1) is 42.4. The highest BCUT2D eigenvalue weighted by molar-refractivity contribution is 7.28. The van der Waals surface area contributed by atoms with Crippen LogP contribution in [0.25, 0.3) is 98.5 Å². The van der Waals surface area contributed by atoms with Gasteiger partial charge in [0.05, 0.1) is 0 Å². The Hall–Kier alpha value is -5.52. The van der Waals surface area contributed by atoms with Gasteiger partial charge in [0.1, 0.15) is 121 Å². The van der Waals surface area contributed by atoms with Crippen LogP contribution < -0.4 is 76.5 Å². The van der Waals surface area contributed by atoms with Crippen LogP contribution in [-0.4, -0.2) is 125 Å². The third-order valence-corrected chi connectivity index (χ3v) is 16.6. The van der Waals surface area contributed by atoms with Crippen molar-refractivity contribution in [1.29, 1.82) is 0 Å². The molecule has 0 fully saturated rings. The Labute approximate surface area is 392 Å². The number of aromatic nitrogens is 3. The van der Waals surface area contributed by atoms with Crippen molar-refractivity contribution in [2.45, 2.75) is 0 Å². The fraction of sp³-hybridized carbons (Fsp3) is 0. The summed E-state index contributed by atoms with van der Waals surface area (Å²) >= 11 is 1.93. The SMILES string of the molecule is Bc1c(B)c(B)c2c(oc3c(B)c(-c4nc(-c5ccc(-c6cccc(-c7ccccc7)c6)cc5)nc(-c5c(B)c(B)c6sc7c(B)c(B)c(B)c(B)c7c6c5B)n4)c(B)c(B)c32)c1B. The third kappa shape index (κ3) is 6.27. The number of hydrogen-bond donors (Lipinski definition) is 0. The second kappa shape index (κ2) is 15.6. The van der Waals surface area contributed by atoms with Crippen LogP contribution in [0.4, 0.5) is 0 Å². The molecule has 3 aromatic heterocycles. The quantitative estimate of drug-likeness (QED) is 0.162. The average molecular weight is 823 g/mol. The fourth-order valence-corrected chi connectivity index (χ4v) is 12.0. The van der Waals surface area contributed by atoms with E-state index in [4.69, 9.17) is 19.4 Å². The Kier molecular flexibility index (Phi) is 10.3. The summed E-state index contributed by atoms with van der Waals surface area (Å²) < 4.78 is 9.68. The van der Waals surface area contributed by atoms with E-state index in [0.717, 1.165) is 49.9 Å². The normalized spacial score (nSPS) is 11.7. The first-order valence-corrected chi connectivity index (χ1v) is 23.3. The van der Waals surface area contributed by atoms with Crippen molar-refractivity contribution < 1.29 is 4.42 Å². The summed E-state index contributed by atoms with van der Waals surface area (Å²) in [4.78, 5) is 16.4. The van der Waals surface area contributed by atoms with Crippen molar-refractivity contribution in [1.82, 2.24) is 15.0 Å². The Morgan fingerprint density at radius 2 is 0.719 bits per heavy atom. The van der Waals surface area contributed by atoms with Gasteiger partial charge in [-0.15, -0.1) is 27.7 Å². The smallest absolute Gasteiger partial charge is 0.164 e. The number of nitrogens with zero attached hydrogens (tertiary/aromatic N) is 3. The van der Waals surface area contributed by atoms with E-state index < -0.39 is 0 Å². The molecule has 0 N–H and O–H groups in total. The van der Waals surface area contributed by atoms with E-state index in [1.54, 1.807) is 0 Å². The van der Waals surface area contributed by atoms with Gasteiger partial charge in [-0.3, -0.25) is 0 Å². The molecule has 0 unspecified atom stereocenters. The predicted molar refractivity (Wildman–Crippen MR) is 322 cm³/mol. The fourth-order valence-electron chi connectivity index (χ4n) is 10.4. The lowest BCUT2D eigenvalue weighted by atomic mass is 9.64. The van der Waals surface area contributed by atoms with Crippen LogP contribution in [-0.2, 0) is 0 Å². The predicted octanol–water partition coefficient (Wildman–Crippen LogP) is -11.9. The first-order valence-electron chi connectivity index (χ1n) is 22.5. The Morgan fingerprint density at radius 3 is 1.33 bits per heavy atom. The molecular weight excluding hydrogens is 782 g/mol. The van der Waals surface area contributed by atoms with E-state index in [1.807, 2.05) is 11.3 Å². The Balaban J connectivity index is 1.23. The maximum atomic E-state index is 6.95. The molecule has 7 aromatic carbocycles. The maximum Gasteiger partial charge on any atom is 0.164 e. The summed E-state index contributed by atoms with van der Waals surface area (Å²) in [5.41, 5.74) is 27.2. The minimum Gasteiger partial charge on any atom is -0.457 e. The summed E-state index contributed by atoms with van der Waals surface area (Å²) in [6.45, 7) is 0. The van der Waals surface area contributed by atoms with Crippen LogP contribution in [0.15, 0.2) is 83.3 Å². The molecule has 64 heavy (non-hydrogen) atoms. The Morgan fingerprint density at radius 1 is 0.312 bits per heavy atom. The molecule has 0 aliphatic heterocycles. The highest BCUT2D eigenvalue weighted by atomic mass is 32.1. The molecule has 0 atom stereocenters. The number of thiophene rings is 1. The molecule has 0 aliphatic carbocycles. The lowest BCUT2D eigenvalue weighted by molar-refractivity contribution is 0.675. The lowest BCUT2D eigenvalue weighted by Crippen LogP contribution is -2.47. The Bertz CT molecular complexity index is 3670. The summed E-state index contributed by atoms with van der Waals surface area (Å²) in [5, 5.41) is 5.08. The number of hydrogen-bond acceptors (Lipinski definition) is 5. The maximum absolute atomic E-state index is 6.95. The van der Waals surface area contributed by atoms with Crippen molar-refractivity contribution in [2.24, 2.45) is 0 Å². The van der Waals surface area contributed by atoms with Crippen molar-refractivity contribution in [3.05, 3.63) is 78.9 Å². The summed E-state index contributed by atoms with van der Waals surface area (Å²) in [6.07, 6.45) is 0. The van der Waals surface area contributed by atoms with E-state index in [-0.39, 0.29) is 0 Å². The van der Waals surface area contributed by atoms with E-state index in [9.17, 15) is 0 Å². The highest BCUT2D eigenvalue weighted by Gasteiger charge is 2.27. The third-order valence-electron chi connectivity index (χ3n) is 15.2. The largest absolute Gasteiger partial charge is 0.457 e. The molecule has 0 spiro atoms. The molecule has 10 aromatic rings. The van der Waals surface area contributed by atoms with Gasteiger partial charge in [0, 0.05) is 36.9 Å². The molecule has 0 amide bonds. The molecule has 0 radical (unpaired) electrons. The van der Waals surface area contributed by atoms with Crippen LogP contribution in [0.3, 0.4) is 0 Å². The molecule has 0 saturated heterocycles. The molecule has 0 aliphatic rings. The van der Waals surface area contributed by atoms with Gasteiger partial charge in [-0.2, -0.15) is 0 Å². The standard InChI is InChI=1S/C45H41B14N3OS/c46-25-21-22-28(49)33(54)35(56)38(59)42(22)64-41(21)37(58)30(51)23(25)44-60-43(16-11-9-15(10-12-16)18-8-4-7-17(13-18)14-5-2-1-3-6-14)61-45(62-44)24-29(50)26(47)19-20-27(48)32(53)34(55)36(57)40(20)63-39(19)31(24)52/h1-13H,46-59H2. The minimum absolute atomic E-state index is 0.647. The van der Waals surface area contributed by atoms with Crippen LogP contribution in [0.1, 0.15) is 0 Å². The van der Waals surface area contributed by atoms with Gasteiger partial charge in [0.25, 0.3) is 0 Å². The summed E-state index contributed by atoms with van der Waals surface area (Å²) in [5.74, 6) is 2.00. The lowest BCUT2D eigenvalue weighted by Gasteiger charge is -2.19. The number of benzene rings is 7. The van der Waals surface area contributed by atoms with Crippen molar-refractivity contribution in [2.75, 3.05) is 0 Å². The van der Waals surface area contributed by atoms with Gasteiger partial charge >= 0.3 is 0 Å². The molecule has 10 rings (SSSR count). The monoisotopic (exact) mass is 825 g/mol. The van der Waals surface area contributed by atoms with E-state index in [2.05, 4.69) is 189 Å². The van der Waals surface area contributed by atoms with E-state index >= 15 is 0 Å². The van der Waals surface area contributed by atoms with Crippen molar-refractivity contribution in [3.8, 4) is 56.4 Å². The number of rotatable bonds is 5. The second-order valence-electron chi connectivity index (χ2n) is 18.4. The van der Waals surface area contributed by atoms with Crippen molar-refractivity contribution in [3.63, 3.8) is 0 Å². The van der Waals surface area contributed by atoms with Crippen LogP contribution in [0, 0.1) is 0 Å². The van der Waals surface area contributed by atoms with E-state index in [1.165, 1.54) is 108 Å². The van der Waals surface area contributed by atoms with Crippen LogP contribution >= 0.6 is 11.3 Å². The highest BCUT2D eigenvalue weighted by Crippen LogP contribution is 2.33. The molecule has 290 valence electrons. The summed E-state index contributed by atoms with van der Waals surface area (Å²) in [6, 6.07) is 28.0. The average Bonchev–Trinajstić information content (AvgIpc) is 3.92. The minimum atomic E-state index is 0.647. The first-order chi connectivity index (χ1) is 30.6. The summed E-state index contributed by atoms with van der Waals surface area (Å²) in [7, 11) is 31.4. The zero-order valence-corrected chi connectivity index (χ0v) is 40.5. The van der Waals surface area contributed by atoms with Gasteiger partial charge in [-0.25, -0.2) is 15.0 Å².